The molecule has 1 aromatic carbocycles. The molecule has 2 N–H and O–H groups in total. The largest absolute Gasteiger partial charge is 0.492 e. The van der Waals surface area contributed by atoms with Crippen LogP contribution in [0, 0.1) is 5.82 Å². The van der Waals surface area contributed by atoms with Gasteiger partial charge in [-0.2, -0.15) is 5.10 Å². The quantitative estimate of drug-likeness (QED) is 0.296. The third-order valence-corrected chi connectivity index (χ3v) is 7.09. The fourth-order valence-corrected chi connectivity index (χ4v) is 5.13. The molecule has 39 heavy (non-hydrogen) atoms. The Morgan fingerprint density at radius 2 is 1.82 bits per heavy atom. The van der Waals surface area contributed by atoms with Crippen molar-refractivity contribution >= 4 is 22.1 Å². The topological polar surface area (TPSA) is 108 Å². The first-order valence-electron chi connectivity index (χ1n) is 13.0. The van der Waals surface area contributed by atoms with Crippen LogP contribution in [-0.2, 0) is 0 Å². The summed E-state index contributed by atoms with van der Waals surface area (Å²) in [7, 11) is 0. The smallest absolute Gasteiger partial charge is 0.160 e. The first kappa shape index (κ1) is 23.4. The molecule has 0 radical (unpaired) electrons. The van der Waals surface area contributed by atoms with Gasteiger partial charge in [0.25, 0.3) is 0 Å². The number of benzene rings is 1. The molecule has 0 amide bonds. The van der Waals surface area contributed by atoms with Crippen molar-refractivity contribution in [2.45, 2.75) is 12.8 Å². The Bertz CT molecular complexity index is 1780. The Balaban J connectivity index is 1.23. The molecule has 0 spiro atoms. The van der Waals surface area contributed by atoms with Gasteiger partial charge in [0.05, 0.1) is 17.4 Å². The van der Waals surface area contributed by atoms with Crippen LogP contribution in [0.4, 0.5) is 4.39 Å². The van der Waals surface area contributed by atoms with Crippen LogP contribution >= 0.6 is 0 Å². The number of likely N-dealkylation sites (tertiary alicyclic amines) is 1. The van der Waals surface area contributed by atoms with Gasteiger partial charge in [0.2, 0.25) is 0 Å². The van der Waals surface area contributed by atoms with Gasteiger partial charge in [0.15, 0.2) is 11.5 Å². The van der Waals surface area contributed by atoms with E-state index < -0.39 is 0 Å². The molecular formula is C29H25FN8O. The van der Waals surface area contributed by atoms with Crippen LogP contribution in [0.15, 0.2) is 67.3 Å². The van der Waals surface area contributed by atoms with E-state index in [1.165, 1.54) is 25.0 Å². The van der Waals surface area contributed by atoms with Crippen LogP contribution in [0.1, 0.15) is 12.8 Å². The van der Waals surface area contributed by atoms with Crippen molar-refractivity contribution < 1.29 is 9.13 Å². The second-order valence-corrected chi connectivity index (χ2v) is 9.64. The molecule has 5 aromatic heterocycles. The second-order valence-electron chi connectivity index (χ2n) is 9.64. The standard InChI is InChI=1S/C29H25FN8O/c30-20-13-19(14-21(15-20)39-12-11-38-9-1-2-10-38)22-5-8-32-28-26(22)34-29(35-28)27-23-16-24(18-3-6-31-7-4-18)33-17-25(23)36-37-27/h3-8,13-17H,1-2,9-12H2,(H,36,37)(H,32,34,35). The van der Waals surface area contributed by atoms with Crippen LogP contribution in [0.25, 0.3) is 56.0 Å². The lowest BCUT2D eigenvalue weighted by Gasteiger charge is -2.15. The zero-order chi connectivity index (χ0) is 26.2. The van der Waals surface area contributed by atoms with E-state index in [0.717, 1.165) is 47.4 Å². The molecule has 1 fully saturated rings. The SMILES string of the molecule is Fc1cc(OCCN2CCCC2)cc(-c2ccnc3[nH]c(-c4n[nH]c5cnc(-c6ccncc6)cc45)nc23)c1. The first-order valence-corrected chi connectivity index (χ1v) is 13.0. The van der Waals surface area contributed by atoms with E-state index in [-0.39, 0.29) is 5.82 Å². The summed E-state index contributed by atoms with van der Waals surface area (Å²) < 4.78 is 20.6. The normalized spacial score (nSPS) is 14.0. The molecule has 1 aliphatic rings. The number of nitrogens with zero attached hydrogens (tertiary/aromatic N) is 6. The Kier molecular flexibility index (Phi) is 5.93. The maximum atomic E-state index is 14.7. The molecule has 7 rings (SSSR count). The van der Waals surface area contributed by atoms with Gasteiger partial charge in [-0.15, -0.1) is 0 Å². The highest BCUT2D eigenvalue weighted by atomic mass is 19.1. The molecule has 6 heterocycles. The molecule has 6 aromatic rings. The van der Waals surface area contributed by atoms with E-state index in [9.17, 15) is 4.39 Å². The minimum Gasteiger partial charge on any atom is -0.492 e. The Morgan fingerprint density at radius 3 is 2.69 bits per heavy atom. The summed E-state index contributed by atoms with van der Waals surface area (Å²) in [5, 5.41) is 8.42. The van der Waals surface area contributed by atoms with Gasteiger partial charge in [-0.3, -0.25) is 20.0 Å². The Hall–Kier alpha value is -4.70. The second kappa shape index (κ2) is 9.88. The molecule has 0 atom stereocenters. The minimum atomic E-state index is -0.362. The molecule has 9 nitrogen and oxygen atoms in total. The van der Waals surface area contributed by atoms with E-state index in [4.69, 9.17) is 9.72 Å². The first-order chi connectivity index (χ1) is 19.2. The minimum absolute atomic E-state index is 0.362. The van der Waals surface area contributed by atoms with Crippen molar-refractivity contribution in [3.8, 4) is 39.7 Å². The number of aromatic amines is 2. The van der Waals surface area contributed by atoms with E-state index in [2.05, 4.69) is 35.0 Å². The van der Waals surface area contributed by atoms with Crippen LogP contribution in [-0.4, -0.2) is 66.3 Å². The maximum Gasteiger partial charge on any atom is 0.160 e. The number of hydrogen-bond donors (Lipinski definition) is 2. The monoisotopic (exact) mass is 520 g/mol. The number of hydrogen-bond acceptors (Lipinski definition) is 7. The summed E-state index contributed by atoms with van der Waals surface area (Å²) in [5.41, 5.74) is 5.84. The molecule has 0 aliphatic carbocycles. The van der Waals surface area contributed by atoms with E-state index in [1.807, 2.05) is 30.3 Å². The van der Waals surface area contributed by atoms with Gasteiger partial charge in [-0.25, -0.2) is 14.4 Å². The molecule has 0 unspecified atom stereocenters. The number of halogens is 1. The molecule has 194 valence electrons. The molecular weight excluding hydrogens is 495 g/mol. The highest BCUT2D eigenvalue weighted by Gasteiger charge is 2.18. The van der Waals surface area contributed by atoms with Crippen molar-refractivity contribution in [3.05, 3.63) is 73.1 Å². The molecule has 0 bridgehead atoms. The van der Waals surface area contributed by atoms with Crippen LogP contribution in [0.2, 0.25) is 0 Å². The number of rotatable bonds is 7. The number of H-pyrrole nitrogens is 2. The number of fused-ring (bicyclic) bond motifs is 2. The Labute approximate surface area is 223 Å². The lowest BCUT2D eigenvalue weighted by atomic mass is 10.1. The highest BCUT2D eigenvalue weighted by molar-refractivity contribution is 5.96. The zero-order valence-corrected chi connectivity index (χ0v) is 21.1. The lowest BCUT2D eigenvalue weighted by molar-refractivity contribution is 0.237. The van der Waals surface area contributed by atoms with Gasteiger partial charge in [-0.1, -0.05) is 0 Å². The maximum absolute atomic E-state index is 14.7. The van der Waals surface area contributed by atoms with Gasteiger partial charge >= 0.3 is 0 Å². The average Bonchev–Trinajstić information content (AvgIpc) is 3.72. The van der Waals surface area contributed by atoms with Gasteiger partial charge in [0.1, 0.15) is 29.4 Å². The third kappa shape index (κ3) is 4.59. The zero-order valence-electron chi connectivity index (χ0n) is 21.1. The lowest BCUT2D eigenvalue weighted by Crippen LogP contribution is -2.25. The summed E-state index contributed by atoms with van der Waals surface area (Å²) in [6.07, 6.45) is 9.37. The fraction of sp³-hybridized carbons (Fsp3) is 0.207. The average molecular weight is 521 g/mol. The predicted molar refractivity (Wildman–Crippen MR) is 147 cm³/mol. The predicted octanol–water partition coefficient (Wildman–Crippen LogP) is 5.24. The van der Waals surface area contributed by atoms with E-state index in [0.29, 0.717) is 40.6 Å². The van der Waals surface area contributed by atoms with Crippen LogP contribution in [0.5, 0.6) is 5.75 Å². The van der Waals surface area contributed by atoms with Gasteiger partial charge in [-0.05, 0) is 67.9 Å². The number of pyridine rings is 3. The number of imidazole rings is 1. The molecule has 0 saturated carbocycles. The van der Waals surface area contributed by atoms with Crippen molar-refractivity contribution in [1.29, 1.82) is 0 Å². The highest BCUT2D eigenvalue weighted by Crippen LogP contribution is 2.33. The number of ether oxygens (including phenoxy) is 1. The Morgan fingerprint density at radius 1 is 0.949 bits per heavy atom. The molecule has 10 heteroatoms. The van der Waals surface area contributed by atoms with E-state index >= 15 is 0 Å². The summed E-state index contributed by atoms with van der Waals surface area (Å²) in [5.74, 6) is 0.694. The van der Waals surface area contributed by atoms with E-state index in [1.54, 1.807) is 24.8 Å². The molecule has 1 aliphatic heterocycles. The van der Waals surface area contributed by atoms with Crippen molar-refractivity contribution in [3.63, 3.8) is 0 Å². The summed E-state index contributed by atoms with van der Waals surface area (Å²) >= 11 is 0. The van der Waals surface area contributed by atoms with Gasteiger partial charge < -0.3 is 9.72 Å². The number of aromatic nitrogens is 7. The molecule has 1 saturated heterocycles. The van der Waals surface area contributed by atoms with Crippen molar-refractivity contribution in [1.82, 2.24) is 40.0 Å². The van der Waals surface area contributed by atoms with Crippen LogP contribution in [0.3, 0.4) is 0 Å². The van der Waals surface area contributed by atoms with Crippen LogP contribution < -0.4 is 4.74 Å². The van der Waals surface area contributed by atoms with Crippen molar-refractivity contribution in [2.24, 2.45) is 0 Å². The van der Waals surface area contributed by atoms with Gasteiger partial charge in [0, 0.05) is 47.7 Å². The summed E-state index contributed by atoms with van der Waals surface area (Å²) in [6.45, 7) is 3.55. The fourth-order valence-electron chi connectivity index (χ4n) is 5.13. The van der Waals surface area contributed by atoms with Crippen molar-refractivity contribution in [2.75, 3.05) is 26.2 Å². The number of nitrogens with one attached hydrogen (secondary N) is 2. The third-order valence-electron chi connectivity index (χ3n) is 7.09. The summed E-state index contributed by atoms with van der Waals surface area (Å²) in [4.78, 5) is 23.6. The summed E-state index contributed by atoms with van der Waals surface area (Å²) in [6, 6.07) is 12.4.